The van der Waals surface area contributed by atoms with Gasteiger partial charge < -0.3 is 5.11 Å². The van der Waals surface area contributed by atoms with Crippen LogP contribution < -0.4 is 0 Å². The average molecular weight is 278 g/mol. The van der Waals surface area contributed by atoms with Crippen molar-refractivity contribution in [3.8, 4) is 0 Å². The molecule has 2 aromatic rings. The van der Waals surface area contributed by atoms with E-state index in [4.69, 9.17) is 0 Å². The van der Waals surface area contributed by atoms with Crippen molar-refractivity contribution in [3.63, 3.8) is 0 Å². The molecule has 3 nitrogen and oxygen atoms in total. The molecule has 1 aromatic carbocycles. The minimum Gasteiger partial charge on any atom is -0.384 e. The van der Waals surface area contributed by atoms with Gasteiger partial charge in [-0.05, 0) is 23.3 Å². The highest BCUT2D eigenvalue weighted by Crippen LogP contribution is 2.37. The zero-order chi connectivity index (χ0) is 14.3. The zero-order valence-electron chi connectivity index (χ0n) is 10.1. The highest BCUT2D eigenvalue weighted by atomic mass is 19.4. The largest absolute Gasteiger partial charge is 0.433 e. The van der Waals surface area contributed by atoms with E-state index in [1.54, 1.807) is 24.3 Å². The molecule has 3 rings (SSSR count). The Morgan fingerprint density at radius 3 is 2.60 bits per heavy atom. The second-order valence-electron chi connectivity index (χ2n) is 4.38. The van der Waals surface area contributed by atoms with Gasteiger partial charge >= 0.3 is 6.18 Å². The molecule has 1 unspecified atom stereocenters. The number of hydrogen-bond donors (Lipinski definition) is 1. The summed E-state index contributed by atoms with van der Waals surface area (Å²) in [6.07, 6.45) is -2.84. The number of aromatic nitrogens is 2. The molecule has 0 radical (unpaired) electrons. The summed E-state index contributed by atoms with van der Waals surface area (Å²) in [5.41, 5.74) is 0.712. The van der Waals surface area contributed by atoms with Gasteiger partial charge in [-0.2, -0.15) is 13.2 Å². The summed E-state index contributed by atoms with van der Waals surface area (Å²) >= 11 is 0. The number of rotatable bonds is 1. The molecule has 0 amide bonds. The van der Waals surface area contributed by atoms with Crippen LogP contribution in [0.5, 0.6) is 0 Å². The van der Waals surface area contributed by atoms with E-state index in [2.05, 4.69) is 9.97 Å². The van der Waals surface area contributed by atoms with Crippen LogP contribution >= 0.6 is 0 Å². The molecule has 102 valence electrons. The molecule has 0 spiro atoms. The van der Waals surface area contributed by atoms with Crippen molar-refractivity contribution in [3.05, 3.63) is 65.2 Å². The number of aliphatic hydroxyl groups excluding tert-OH is 1. The average Bonchev–Trinajstić information content (AvgIpc) is 2.76. The van der Waals surface area contributed by atoms with Gasteiger partial charge in [-0.25, -0.2) is 9.97 Å². The van der Waals surface area contributed by atoms with E-state index in [0.29, 0.717) is 16.7 Å². The summed E-state index contributed by atoms with van der Waals surface area (Å²) in [6.45, 7) is 0. The molecule has 0 saturated heterocycles. The van der Waals surface area contributed by atoms with Crippen molar-refractivity contribution in [1.29, 1.82) is 0 Å². The monoisotopic (exact) mass is 278 g/mol. The van der Waals surface area contributed by atoms with E-state index in [-0.39, 0.29) is 5.82 Å². The fourth-order valence-corrected chi connectivity index (χ4v) is 2.18. The van der Waals surface area contributed by atoms with Crippen molar-refractivity contribution in [1.82, 2.24) is 9.97 Å². The number of alkyl halides is 3. The van der Waals surface area contributed by atoms with Crippen LogP contribution in [0.4, 0.5) is 13.2 Å². The molecule has 1 atom stereocenters. The first-order chi connectivity index (χ1) is 9.47. The van der Waals surface area contributed by atoms with E-state index in [1.165, 1.54) is 6.08 Å². The van der Waals surface area contributed by atoms with Gasteiger partial charge in [0.05, 0.1) is 6.10 Å². The Balaban J connectivity index is 2.10. The number of hydrogen-bond acceptors (Lipinski definition) is 3. The van der Waals surface area contributed by atoms with Crippen LogP contribution in [0.25, 0.3) is 5.57 Å². The highest BCUT2D eigenvalue weighted by Gasteiger charge is 2.33. The fourth-order valence-electron chi connectivity index (χ4n) is 2.18. The summed E-state index contributed by atoms with van der Waals surface area (Å²) in [4.78, 5) is 7.42. The van der Waals surface area contributed by atoms with Gasteiger partial charge in [0.15, 0.2) is 5.82 Å². The van der Waals surface area contributed by atoms with E-state index in [0.717, 1.165) is 12.3 Å². The first kappa shape index (κ1) is 12.8. The molecule has 0 saturated carbocycles. The maximum Gasteiger partial charge on any atom is 0.433 e. The van der Waals surface area contributed by atoms with Crippen LogP contribution in [0, 0.1) is 0 Å². The lowest BCUT2D eigenvalue weighted by molar-refractivity contribution is -0.141. The van der Waals surface area contributed by atoms with Crippen LogP contribution in [0.3, 0.4) is 0 Å². The van der Waals surface area contributed by atoms with Gasteiger partial charge in [0.2, 0.25) is 0 Å². The van der Waals surface area contributed by atoms with Crippen molar-refractivity contribution in [2.45, 2.75) is 12.3 Å². The maximum absolute atomic E-state index is 12.7. The van der Waals surface area contributed by atoms with Crippen LogP contribution in [-0.2, 0) is 6.18 Å². The summed E-state index contributed by atoms with van der Waals surface area (Å²) in [5.74, 6) is -0.0381. The predicted molar refractivity (Wildman–Crippen MR) is 65.5 cm³/mol. The van der Waals surface area contributed by atoms with Gasteiger partial charge in [-0.3, -0.25) is 0 Å². The number of benzene rings is 1. The quantitative estimate of drug-likeness (QED) is 0.872. The second-order valence-corrected chi connectivity index (χ2v) is 4.38. The Bertz CT molecular complexity index is 695. The van der Waals surface area contributed by atoms with E-state index in [1.807, 2.05) is 0 Å². The second kappa shape index (κ2) is 4.42. The number of halogens is 3. The molecule has 1 aliphatic carbocycles. The standard InChI is InChI=1S/C14H9F3N2O/c15-14(16,17)12-5-6-18-13(19-12)10-7-11(20)9-4-2-1-3-8(9)10/h1-7,11,20H. The van der Waals surface area contributed by atoms with Gasteiger partial charge in [0.25, 0.3) is 0 Å². The SMILES string of the molecule is OC1C=C(c2nccc(C(F)(F)F)n2)c2ccccc21. The molecule has 20 heavy (non-hydrogen) atoms. The zero-order valence-corrected chi connectivity index (χ0v) is 10.1. The molecule has 1 heterocycles. The molecule has 0 bridgehead atoms. The summed E-state index contributed by atoms with van der Waals surface area (Å²) in [7, 11) is 0. The lowest BCUT2D eigenvalue weighted by Crippen LogP contribution is -2.10. The Morgan fingerprint density at radius 1 is 1.10 bits per heavy atom. The van der Waals surface area contributed by atoms with Crippen LogP contribution in [0.15, 0.2) is 42.6 Å². The van der Waals surface area contributed by atoms with E-state index < -0.39 is 18.0 Å². The van der Waals surface area contributed by atoms with E-state index >= 15 is 0 Å². The first-order valence-electron chi connectivity index (χ1n) is 5.86. The highest BCUT2D eigenvalue weighted by molar-refractivity contribution is 5.82. The fraction of sp³-hybridized carbons (Fsp3) is 0.143. The van der Waals surface area contributed by atoms with Gasteiger partial charge in [0.1, 0.15) is 5.69 Å². The molecule has 1 aromatic heterocycles. The van der Waals surface area contributed by atoms with E-state index in [9.17, 15) is 18.3 Å². The Hall–Kier alpha value is -2.21. The van der Waals surface area contributed by atoms with Crippen molar-refractivity contribution >= 4 is 5.57 Å². The summed E-state index contributed by atoms with van der Waals surface area (Å²) in [5, 5.41) is 9.89. The third kappa shape index (κ3) is 2.08. The Labute approximate surface area is 112 Å². The van der Waals surface area contributed by atoms with Crippen molar-refractivity contribution < 1.29 is 18.3 Å². The van der Waals surface area contributed by atoms with Crippen LogP contribution in [-0.4, -0.2) is 15.1 Å². The van der Waals surface area contributed by atoms with Gasteiger partial charge in [-0.15, -0.1) is 0 Å². The number of nitrogens with zero attached hydrogens (tertiary/aromatic N) is 2. The molecule has 0 aliphatic heterocycles. The number of fused-ring (bicyclic) bond motifs is 1. The lowest BCUT2D eigenvalue weighted by Gasteiger charge is -2.08. The van der Waals surface area contributed by atoms with Crippen molar-refractivity contribution in [2.75, 3.05) is 0 Å². The minimum absolute atomic E-state index is 0.0381. The minimum atomic E-state index is -4.52. The normalized spacial score (nSPS) is 17.8. The predicted octanol–water partition coefficient (Wildman–Crippen LogP) is 2.97. The molecular weight excluding hydrogens is 269 g/mol. The van der Waals surface area contributed by atoms with Gasteiger partial charge in [-0.1, -0.05) is 24.3 Å². The van der Waals surface area contributed by atoms with Gasteiger partial charge in [0, 0.05) is 11.8 Å². The molecule has 1 N–H and O–H groups in total. The lowest BCUT2D eigenvalue weighted by atomic mass is 10.0. The molecule has 6 heteroatoms. The topological polar surface area (TPSA) is 46.0 Å². The maximum atomic E-state index is 12.7. The van der Waals surface area contributed by atoms with Crippen LogP contribution in [0.1, 0.15) is 28.7 Å². The Morgan fingerprint density at radius 2 is 1.85 bits per heavy atom. The molecule has 0 fully saturated rings. The number of aliphatic hydroxyl groups is 1. The third-order valence-electron chi connectivity index (χ3n) is 3.08. The Kier molecular flexibility index (Phi) is 2.83. The smallest absolute Gasteiger partial charge is 0.384 e. The molecule has 1 aliphatic rings. The van der Waals surface area contributed by atoms with Crippen LogP contribution in [0.2, 0.25) is 0 Å². The van der Waals surface area contributed by atoms with Crippen molar-refractivity contribution in [2.24, 2.45) is 0 Å². The summed E-state index contributed by atoms with van der Waals surface area (Å²) < 4.78 is 38.0. The third-order valence-corrected chi connectivity index (χ3v) is 3.08. The molecular formula is C14H9F3N2O. The first-order valence-corrected chi connectivity index (χ1v) is 5.86. The summed E-state index contributed by atoms with van der Waals surface area (Å²) in [6, 6.07) is 7.77.